The Morgan fingerprint density at radius 1 is 1.43 bits per heavy atom. The summed E-state index contributed by atoms with van der Waals surface area (Å²) in [6.07, 6.45) is 2.82. The minimum absolute atomic E-state index is 0.177. The molecule has 0 fully saturated rings. The summed E-state index contributed by atoms with van der Waals surface area (Å²) >= 11 is 0. The van der Waals surface area contributed by atoms with Gasteiger partial charge in [0.15, 0.2) is 0 Å². The van der Waals surface area contributed by atoms with Crippen LogP contribution in [0.1, 0.15) is 25.3 Å². The fourth-order valence-corrected chi connectivity index (χ4v) is 1.23. The molecule has 0 amide bonds. The summed E-state index contributed by atoms with van der Waals surface area (Å²) in [5.74, 6) is 0. The molecular formula is C12H18NO. The summed E-state index contributed by atoms with van der Waals surface area (Å²) in [7, 11) is 0. The van der Waals surface area contributed by atoms with Crippen molar-refractivity contribution in [2.24, 2.45) is 5.73 Å². The van der Waals surface area contributed by atoms with Crippen molar-refractivity contribution in [1.29, 1.82) is 0 Å². The van der Waals surface area contributed by atoms with Gasteiger partial charge in [0.05, 0.1) is 0 Å². The van der Waals surface area contributed by atoms with Gasteiger partial charge in [0.1, 0.15) is 6.23 Å². The molecule has 14 heavy (non-hydrogen) atoms. The molecule has 0 aliphatic heterocycles. The molecule has 1 atom stereocenters. The number of unbranched alkanes of at least 4 members (excludes halogenated alkanes) is 1. The number of benzene rings is 1. The average Bonchev–Trinajstić information content (AvgIpc) is 2.20. The normalized spacial score (nSPS) is 12.7. The second-order valence-corrected chi connectivity index (χ2v) is 3.38. The highest BCUT2D eigenvalue weighted by atomic mass is 16.5. The van der Waals surface area contributed by atoms with Crippen molar-refractivity contribution in [3.63, 3.8) is 0 Å². The molecule has 0 saturated heterocycles. The number of nitrogens with two attached hydrogens (primary N) is 1. The molecule has 1 rings (SSSR count). The van der Waals surface area contributed by atoms with Crippen LogP contribution in [0.15, 0.2) is 24.3 Å². The zero-order valence-electron chi connectivity index (χ0n) is 8.70. The maximum Gasteiger partial charge on any atom is 0.109 e. The quantitative estimate of drug-likeness (QED) is 0.553. The van der Waals surface area contributed by atoms with Crippen molar-refractivity contribution >= 4 is 0 Å². The van der Waals surface area contributed by atoms with Gasteiger partial charge in [-0.05, 0) is 18.1 Å². The molecule has 0 saturated carbocycles. The fourth-order valence-electron chi connectivity index (χ4n) is 1.23. The summed E-state index contributed by atoms with van der Waals surface area (Å²) in [6, 6.07) is 10.8. The van der Waals surface area contributed by atoms with Crippen molar-refractivity contribution in [1.82, 2.24) is 0 Å². The zero-order chi connectivity index (χ0) is 10.2. The van der Waals surface area contributed by atoms with E-state index in [4.69, 9.17) is 10.5 Å². The van der Waals surface area contributed by atoms with Crippen LogP contribution in [0.5, 0.6) is 0 Å². The molecule has 0 heterocycles. The third-order valence-corrected chi connectivity index (χ3v) is 2.05. The SMILES string of the molecule is CCCCOC(N)Cc1cc[c]cc1. The van der Waals surface area contributed by atoms with E-state index in [1.54, 1.807) is 0 Å². The summed E-state index contributed by atoms with van der Waals surface area (Å²) < 4.78 is 5.45. The van der Waals surface area contributed by atoms with Gasteiger partial charge in [-0.3, -0.25) is 0 Å². The number of ether oxygens (including phenoxy) is 1. The van der Waals surface area contributed by atoms with Crippen molar-refractivity contribution in [3.05, 3.63) is 35.9 Å². The van der Waals surface area contributed by atoms with Gasteiger partial charge in [-0.25, -0.2) is 0 Å². The minimum atomic E-state index is -0.177. The molecule has 0 spiro atoms. The van der Waals surface area contributed by atoms with Crippen LogP contribution in [0.4, 0.5) is 0 Å². The van der Waals surface area contributed by atoms with Crippen LogP contribution in [-0.4, -0.2) is 12.8 Å². The standard InChI is InChI=1S/C12H18NO/c1-2-3-9-14-12(13)10-11-7-5-4-6-8-11/h5-8,12H,2-3,9-10,13H2,1H3. The van der Waals surface area contributed by atoms with Crippen molar-refractivity contribution in [2.45, 2.75) is 32.4 Å². The monoisotopic (exact) mass is 192 g/mol. The molecule has 1 radical (unpaired) electrons. The summed E-state index contributed by atoms with van der Waals surface area (Å²) in [5, 5.41) is 0. The first-order valence-electron chi connectivity index (χ1n) is 5.15. The maximum absolute atomic E-state index is 5.81. The van der Waals surface area contributed by atoms with E-state index in [1.807, 2.05) is 24.3 Å². The molecule has 2 N–H and O–H groups in total. The van der Waals surface area contributed by atoms with Crippen molar-refractivity contribution in [2.75, 3.05) is 6.61 Å². The van der Waals surface area contributed by atoms with Gasteiger partial charge in [-0.15, -0.1) is 0 Å². The lowest BCUT2D eigenvalue weighted by atomic mass is 10.1. The van der Waals surface area contributed by atoms with Gasteiger partial charge in [0, 0.05) is 13.0 Å². The molecule has 0 aliphatic carbocycles. The van der Waals surface area contributed by atoms with Crippen LogP contribution >= 0.6 is 0 Å². The Kier molecular flexibility index (Phi) is 5.27. The van der Waals surface area contributed by atoms with Crippen LogP contribution in [0.25, 0.3) is 0 Å². The predicted octanol–water partition coefficient (Wildman–Crippen LogP) is 2.13. The Morgan fingerprint density at radius 2 is 2.14 bits per heavy atom. The topological polar surface area (TPSA) is 35.2 Å². The molecule has 2 heteroatoms. The van der Waals surface area contributed by atoms with E-state index in [2.05, 4.69) is 13.0 Å². The molecule has 0 aromatic heterocycles. The van der Waals surface area contributed by atoms with Crippen molar-refractivity contribution in [3.8, 4) is 0 Å². The van der Waals surface area contributed by atoms with Gasteiger partial charge >= 0.3 is 0 Å². The van der Waals surface area contributed by atoms with E-state index in [9.17, 15) is 0 Å². The predicted molar refractivity (Wildman–Crippen MR) is 57.8 cm³/mol. The lowest BCUT2D eigenvalue weighted by Gasteiger charge is -2.12. The summed E-state index contributed by atoms with van der Waals surface area (Å²) in [6.45, 7) is 2.90. The van der Waals surface area contributed by atoms with Gasteiger partial charge < -0.3 is 10.5 Å². The molecular weight excluding hydrogens is 174 g/mol. The average molecular weight is 192 g/mol. The largest absolute Gasteiger partial charge is 0.363 e. The highest BCUT2D eigenvalue weighted by molar-refractivity contribution is 5.14. The zero-order valence-corrected chi connectivity index (χ0v) is 8.70. The first kappa shape index (κ1) is 11.2. The molecule has 77 valence electrons. The van der Waals surface area contributed by atoms with Crippen LogP contribution in [0.3, 0.4) is 0 Å². The van der Waals surface area contributed by atoms with Crippen LogP contribution in [0.2, 0.25) is 0 Å². The van der Waals surface area contributed by atoms with Crippen molar-refractivity contribution < 1.29 is 4.74 Å². The molecule has 1 aromatic rings. The van der Waals surface area contributed by atoms with Crippen LogP contribution in [-0.2, 0) is 11.2 Å². The summed E-state index contributed by atoms with van der Waals surface area (Å²) in [4.78, 5) is 0. The Bertz CT molecular complexity index is 235. The van der Waals surface area contributed by atoms with E-state index in [0.717, 1.165) is 25.9 Å². The number of hydrogen-bond acceptors (Lipinski definition) is 2. The maximum atomic E-state index is 5.81. The Morgan fingerprint density at radius 3 is 2.79 bits per heavy atom. The second-order valence-electron chi connectivity index (χ2n) is 3.38. The fraction of sp³-hybridized carbons (Fsp3) is 0.500. The van der Waals surface area contributed by atoms with Gasteiger partial charge in [-0.1, -0.05) is 37.6 Å². The van der Waals surface area contributed by atoms with Crippen LogP contribution in [0, 0.1) is 6.07 Å². The van der Waals surface area contributed by atoms with E-state index in [1.165, 1.54) is 5.56 Å². The minimum Gasteiger partial charge on any atom is -0.363 e. The van der Waals surface area contributed by atoms with E-state index in [-0.39, 0.29) is 6.23 Å². The molecule has 0 aliphatic rings. The van der Waals surface area contributed by atoms with E-state index in [0.29, 0.717) is 0 Å². The number of hydrogen-bond donors (Lipinski definition) is 1. The highest BCUT2D eigenvalue weighted by Crippen LogP contribution is 2.02. The lowest BCUT2D eigenvalue weighted by molar-refractivity contribution is 0.0562. The summed E-state index contributed by atoms with van der Waals surface area (Å²) in [5.41, 5.74) is 7.02. The molecule has 1 unspecified atom stereocenters. The smallest absolute Gasteiger partial charge is 0.109 e. The number of rotatable bonds is 6. The first-order valence-corrected chi connectivity index (χ1v) is 5.15. The molecule has 1 aromatic carbocycles. The van der Waals surface area contributed by atoms with Gasteiger partial charge in [-0.2, -0.15) is 0 Å². The van der Waals surface area contributed by atoms with E-state index >= 15 is 0 Å². The third-order valence-electron chi connectivity index (χ3n) is 2.05. The Balaban J connectivity index is 2.23. The molecule has 2 nitrogen and oxygen atoms in total. The lowest BCUT2D eigenvalue weighted by Crippen LogP contribution is -2.26. The third kappa shape index (κ3) is 4.40. The van der Waals surface area contributed by atoms with Crippen LogP contribution < -0.4 is 5.73 Å². The Hall–Kier alpha value is -0.860. The van der Waals surface area contributed by atoms with Gasteiger partial charge in [0.2, 0.25) is 0 Å². The molecule has 0 bridgehead atoms. The van der Waals surface area contributed by atoms with Gasteiger partial charge in [0.25, 0.3) is 0 Å². The highest BCUT2D eigenvalue weighted by Gasteiger charge is 2.02. The second kappa shape index (κ2) is 6.57. The Labute approximate surface area is 86.1 Å². The first-order chi connectivity index (χ1) is 6.83. The van der Waals surface area contributed by atoms with E-state index < -0.39 is 0 Å².